The Balaban J connectivity index is 1.56. The summed E-state index contributed by atoms with van der Waals surface area (Å²) in [6, 6.07) is 10.9. The van der Waals surface area contributed by atoms with Gasteiger partial charge in [-0.05, 0) is 31.2 Å². The average molecular weight is 344 g/mol. The molecule has 0 spiro atoms. The number of nitrogens with zero attached hydrogens (tertiary/aromatic N) is 2. The Morgan fingerprint density at radius 1 is 1.20 bits per heavy atom. The van der Waals surface area contributed by atoms with Crippen LogP contribution in [-0.2, 0) is 0 Å². The van der Waals surface area contributed by atoms with E-state index in [2.05, 4.69) is 4.90 Å². The summed E-state index contributed by atoms with van der Waals surface area (Å²) >= 11 is 0. The Bertz CT molecular complexity index is 678. The fourth-order valence-electron chi connectivity index (χ4n) is 3.04. The van der Waals surface area contributed by atoms with Crippen LogP contribution in [0, 0.1) is 0 Å². The number of piperazine rings is 1. The van der Waals surface area contributed by atoms with Crippen LogP contribution < -0.4 is 4.74 Å². The number of hydrogen-bond acceptors (Lipinski definition) is 5. The van der Waals surface area contributed by atoms with Gasteiger partial charge in [0.05, 0.1) is 18.4 Å². The second-order valence-electron chi connectivity index (χ2n) is 6.05. The molecule has 1 aromatic carbocycles. The van der Waals surface area contributed by atoms with Gasteiger partial charge in [0, 0.05) is 32.7 Å². The molecule has 0 unspecified atom stereocenters. The van der Waals surface area contributed by atoms with Gasteiger partial charge in [-0.1, -0.05) is 12.1 Å². The number of para-hydroxylation sites is 1. The van der Waals surface area contributed by atoms with Crippen molar-refractivity contribution < 1.29 is 19.1 Å². The quantitative estimate of drug-likeness (QED) is 0.870. The highest BCUT2D eigenvalue weighted by atomic mass is 16.5. The molecule has 2 heterocycles. The van der Waals surface area contributed by atoms with E-state index in [9.17, 15) is 9.90 Å². The van der Waals surface area contributed by atoms with E-state index >= 15 is 0 Å². The van der Waals surface area contributed by atoms with Crippen LogP contribution in [0.3, 0.4) is 0 Å². The highest BCUT2D eigenvalue weighted by Crippen LogP contribution is 2.21. The molecule has 6 nitrogen and oxygen atoms in total. The summed E-state index contributed by atoms with van der Waals surface area (Å²) in [4.78, 5) is 16.8. The standard InChI is InChI=1S/C19H24N2O4/c1-2-24-17-7-4-3-6-15(17)19(23)21-11-9-20(10-12-21)14-16(22)18-8-5-13-25-18/h3-8,13,16,22H,2,9-12,14H2,1H3/t16-/m0/s1. The summed E-state index contributed by atoms with van der Waals surface area (Å²) in [5, 5.41) is 10.2. The number of amides is 1. The summed E-state index contributed by atoms with van der Waals surface area (Å²) in [5.41, 5.74) is 0.605. The Labute approximate surface area is 147 Å². The molecule has 134 valence electrons. The Morgan fingerprint density at radius 2 is 1.96 bits per heavy atom. The van der Waals surface area contributed by atoms with Gasteiger partial charge in [0.1, 0.15) is 17.6 Å². The van der Waals surface area contributed by atoms with Gasteiger partial charge < -0.3 is 19.2 Å². The van der Waals surface area contributed by atoms with E-state index in [1.165, 1.54) is 0 Å². The molecule has 0 saturated carbocycles. The van der Waals surface area contributed by atoms with Crippen LogP contribution in [-0.4, -0.2) is 60.1 Å². The Morgan fingerprint density at radius 3 is 2.64 bits per heavy atom. The van der Waals surface area contributed by atoms with Crippen molar-refractivity contribution in [2.45, 2.75) is 13.0 Å². The van der Waals surface area contributed by atoms with Crippen LogP contribution in [0.15, 0.2) is 47.1 Å². The zero-order valence-electron chi connectivity index (χ0n) is 14.4. The van der Waals surface area contributed by atoms with Gasteiger partial charge in [-0.3, -0.25) is 9.69 Å². The number of furan rings is 1. The normalized spacial score (nSPS) is 16.6. The number of hydrogen-bond donors (Lipinski definition) is 1. The van der Waals surface area contributed by atoms with E-state index in [1.807, 2.05) is 30.0 Å². The molecule has 2 aromatic rings. The van der Waals surface area contributed by atoms with Gasteiger partial charge >= 0.3 is 0 Å². The predicted molar refractivity (Wildman–Crippen MR) is 93.6 cm³/mol. The van der Waals surface area contributed by atoms with Crippen LogP contribution in [0.2, 0.25) is 0 Å². The SMILES string of the molecule is CCOc1ccccc1C(=O)N1CCN(C[C@H](O)c2ccco2)CC1. The number of aliphatic hydroxyl groups is 1. The van der Waals surface area contributed by atoms with Crippen molar-refractivity contribution in [2.75, 3.05) is 39.3 Å². The molecular weight excluding hydrogens is 320 g/mol. The molecule has 1 saturated heterocycles. The molecule has 0 bridgehead atoms. The molecule has 1 N–H and O–H groups in total. The maximum absolute atomic E-state index is 12.8. The number of carbonyl (C=O) groups is 1. The highest BCUT2D eigenvalue weighted by molar-refractivity contribution is 5.97. The third-order valence-corrected chi connectivity index (χ3v) is 4.38. The van der Waals surface area contributed by atoms with Crippen molar-refractivity contribution in [3.63, 3.8) is 0 Å². The summed E-state index contributed by atoms with van der Waals surface area (Å²) in [6.45, 7) is 5.65. The largest absolute Gasteiger partial charge is 0.493 e. The first-order valence-corrected chi connectivity index (χ1v) is 8.64. The molecule has 6 heteroatoms. The molecule has 1 amide bonds. The molecule has 3 rings (SSSR count). The van der Waals surface area contributed by atoms with E-state index in [-0.39, 0.29) is 5.91 Å². The van der Waals surface area contributed by atoms with Crippen LogP contribution in [0.4, 0.5) is 0 Å². The van der Waals surface area contributed by atoms with E-state index in [4.69, 9.17) is 9.15 Å². The van der Waals surface area contributed by atoms with Gasteiger partial charge in [0.15, 0.2) is 0 Å². The second kappa shape index (κ2) is 8.18. The Kier molecular flexibility index (Phi) is 5.73. The molecule has 0 aliphatic carbocycles. The van der Waals surface area contributed by atoms with Gasteiger partial charge in [0.25, 0.3) is 5.91 Å². The average Bonchev–Trinajstić information content (AvgIpc) is 3.17. The molecular formula is C19H24N2O4. The summed E-state index contributed by atoms with van der Waals surface area (Å²) in [5.74, 6) is 1.20. The zero-order chi connectivity index (χ0) is 17.6. The number of benzene rings is 1. The summed E-state index contributed by atoms with van der Waals surface area (Å²) < 4.78 is 10.8. The van der Waals surface area contributed by atoms with E-state index in [1.54, 1.807) is 24.5 Å². The van der Waals surface area contributed by atoms with E-state index in [0.29, 0.717) is 43.3 Å². The van der Waals surface area contributed by atoms with Crippen LogP contribution in [0.25, 0.3) is 0 Å². The monoisotopic (exact) mass is 344 g/mol. The topological polar surface area (TPSA) is 66.2 Å². The third kappa shape index (κ3) is 4.21. The summed E-state index contributed by atoms with van der Waals surface area (Å²) in [7, 11) is 0. The van der Waals surface area contributed by atoms with Crippen molar-refractivity contribution in [3.05, 3.63) is 54.0 Å². The maximum Gasteiger partial charge on any atom is 0.257 e. The number of β-amino-alcohol motifs (C(OH)–C–C–N with tert-alkyl or cyclic N) is 1. The van der Waals surface area contributed by atoms with E-state index < -0.39 is 6.10 Å². The van der Waals surface area contributed by atoms with Crippen LogP contribution in [0.5, 0.6) is 5.75 Å². The van der Waals surface area contributed by atoms with E-state index in [0.717, 1.165) is 13.1 Å². The molecule has 1 atom stereocenters. The van der Waals surface area contributed by atoms with Crippen molar-refractivity contribution in [3.8, 4) is 5.75 Å². The minimum absolute atomic E-state index is 0.00437. The number of aliphatic hydroxyl groups excluding tert-OH is 1. The first-order valence-electron chi connectivity index (χ1n) is 8.64. The second-order valence-corrected chi connectivity index (χ2v) is 6.05. The minimum atomic E-state index is -0.643. The fraction of sp³-hybridized carbons (Fsp3) is 0.421. The summed E-state index contributed by atoms with van der Waals surface area (Å²) in [6.07, 6.45) is 0.918. The number of ether oxygens (including phenoxy) is 1. The fourth-order valence-corrected chi connectivity index (χ4v) is 3.04. The first-order chi connectivity index (χ1) is 12.2. The minimum Gasteiger partial charge on any atom is -0.493 e. The molecule has 25 heavy (non-hydrogen) atoms. The van der Waals surface area contributed by atoms with Crippen molar-refractivity contribution in [1.29, 1.82) is 0 Å². The third-order valence-electron chi connectivity index (χ3n) is 4.38. The Hall–Kier alpha value is -2.31. The molecule has 1 aromatic heterocycles. The predicted octanol–water partition coefficient (Wildman–Crippen LogP) is 2.17. The lowest BCUT2D eigenvalue weighted by atomic mass is 10.1. The van der Waals surface area contributed by atoms with Crippen LogP contribution in [0.1, 0.15) is 29.1 Å². The van der Waals surface area contributed by atoms with Gasteiger partial charge in [-0.2, -0.15) is 0 Å². The molecule has 1 aliphatic heterocycles. The maximum atomic E-state index is 12.8. The van der Waals surface area contributed by atoms with Crippen molar-refractivity contribution in [2.24, 2.45) is 0 Å². The van der Waals surface area contributed by atoms with Crippen LogP contribution >= 0.6 is 0 Å². The van der Waals surface area contributed by atoms with Crippen molar-refractivity contribution >= 4 is 5.91 Å². The highest BCUT2D eigenvalue weighted by Gasteiger charge is 2.25. The van der Waals surface area contributed by atoms with Crippen molar-refractivity contribution in [1.82, 2.24) is 9.80 Å². The number of rotatable bonds is 6. The lowest BCUT2D eigenvalue weighted by Crippen LogP contribution is -2.49. The smallest absolute Gasteiger partial charge is 0.257 e. The zero-order valence-corrected chi connectivity index (χ0v) is 14.4. The lowest BCUT2D eigenvalue weighted by Gasteiger charge is -2.35. The van der Waals surface area contributed by atoms with Gasteiger partial charge in [-0.25, -0.2) is 0 Å². The van der Waals surface area contributed by atoms with Gasteiger partial charge in [-0.15, -0.1) is 0 Å². The van der Waals surface area contributed by atoms with Gasteiger partial charge in [0.2, 0.25) is 0 Å². The number of carbonyl (C=O) groups excluding carboxylic acids is 1. The molecule has 0 radical (unpaired) electrons. The molecule has 1 aliphatic rings. The molecule has 1 fully saturated rings. The lowest BCUT2D eigenvalue weighted by molar-refractivity contribution is 0.0483. The first kappa shape index (κ1) is 17.5.